The summed E-state index contributed by atoms with van der Waals surface area (Å²) in [7, 11) is 0. The van der Waals surface area contributed by atoms with Gasteiger partial charge < -0.3 is 15.7 Å². The van der Waals surface area contributed by atoms with Gasteiger partial charge in [-0.2, -0.15) is 0 Å². The molecule has 3 N–H and O–H groups in total. The molecule has 2 saturated carbocycles. The maximum Gasteiger partial charge on any atom is 0.0741 e. The van der Waals surface area contributed by atoms with E-state index in [0.717, 1.165) is 24.8 Å². The highest BCUT2D eigenvalue weighted by Gasteiger charge is 2.33. The number of aliphatic hydroxyl groups is 1. The molecule has 2 aliphatic rings. The van der Waals surface area contributed by atoms with Crippen LogP contribution in [0.5, 0.6) is 0 Å². The van der Waals surface area contributed by atoms with Gasteiger partial charge >= 0.3 is 0 Å². The van der Waals surface area contributed by atoms with Crippen LogP contribution in [0.2, 0.25) is 0 Å². The minimum absolute atomic E-state index is 0.376. The van der Waals surface area contributed by atoms with Gasteiger partial charge in [0.25, 0.3) is 0 Å². The van der Waals surface area contributed by atoms with Gasteiger partial charge in [0, 0.05) is 19.1 Å². The Morgan fingerprint density at radius 2 is 1.94 bits per heavy atom. The third-order valence-corrected chi connectivity index (χ3v) is 4.10. The van der Waals surface area contributed by atoms with Crippen LogP contribution >= 0.6 is 0 Å². The summed E-state index contributed by atoms with van der Waals surface area (Å²) < 4.78 is 0. The van der Waals surface area contributed by atoms with Crippen molar-refractivity contribution in [2.45, 2.75) is 63.5 Å². The highest BCUT2D eigenvalue weighted by Crippen LogP contribution is 2.34. The Balaban J connectivity index is 1.58. The van der Waals surface area contributed by atoms with Crippen LogP contribution in [0.1, 0.15) is 51.9 Å². The van der Waals surface area contributed by atoms with Crippen LogP contribution in [0.25, 0.3) is 0 Å². The molecule has 0 radical (unpaired) electrons. The Labute approximate surface area is 105 Å². The Kier molecular flexibility index (Phi) is 4.45. The molecule has 2 fully saturated rings. The minimum Gasteiger partial charge on any atom is -0.389 e. The molecule has 0 amide bonds. The average molecular weight is 240 g/mol. The molecule has 1 unspecified atom stereocenters. The lowest BCUT2D eigenvalue weighted by molar-refractivity contribution is 0.0562. The fourth-order valence-electron chi connectivity index (χ4n) is 2.42. The monoisotopic (exact) mass is 240 g/mol. The Morgan fingerprint density at radius 3 is 2.47 bits per heavy atom. The van der Waals surface area contributed by atoms with E-state index >= 15 is 0 Å². The second-order valence-corrected chi connectivity index (χ2v) is 6.33. The van der Waals surface area contributed by atoms with Crippen molar-refractivity contribution >= 4 is 0 Å². The summed E-state index contributed by atoms with van der Waals surface area (Å²) in [6.07, 6.45) is 8.86. The topological polar surface area (TPSA) is 49.5 Å². The van der Waals surface area contributed by atoms with Crippen molar-refractivity contribution < 1.29 is 5.11 Å². The average Bonchev–Trinajstić information content (AvgIpc) is 3.15. The van der Waals surface area contributed by atoms with Crippen LogP contribution < -0.4 is 5.73 Å². The summed E-state index contributed by atoms with van der Waals surface area (Å²) >= 11 is 0. The zero-order chi connectivity index (χ0) is 12.3. The predicted octanol–water partition coefficient (Wildman–Crippen LogP) is 1.74. The maximum atomic E-state index is 9.83. The number of hydrogen-bond donors (Lipinski definition) is 2. The molecule has 100 valence electrons. The van der Waals surface area contributed by atoms with Gasteiger partial charge in [-0.1, -0.05) is 0 Å². The second-order valence-electron chi connectivity index (χ2n) is 6.33. The van der Waals surface area contributed by atoms with E-state index < -0.39 is 5.60 Å². The lowest BCUT2D eigenvalue weighted by atomic mass is 9.99. The molecule has 0 aromatic rings. The van der Waals surface area contributed by atoms with Crippen LogP contribution in [0, 0.1) is 5.92 Å². The van der Waals surface area contributed by atoms with E-state index in [9.17, 15) is 5.11 Å². The summed E-state index contributed by atoms with van der Waals surface area (Å²) in [5.74, 6) is 1.00. The molecular formula is C14H28N2O. The number of hydrogen-bond acceptors (Lipinski definition) is 3. The van der Waals surface area contributed by atoms with Crippen LogP contribution in [0.3, 0.4) is 0 Å². The highest BCUT2D eigenvalue weighted by atomic mass is 16.3. The predicted molar refractivity (Wildman–Crippen MR) is 70.8 cm³/mol. The van der Waals surface area contributed by atoms with E-state index in [1.165, 1.54) is 45.2 Å². The van der Waals surface area contributed by atoms with Crippen molar-refractivity contribution in [2.75, 3.05) is 19.6 Å². The Bertz CT molecular complexity index is 234. The lowest BCUT2D eigenvalue weighted by Gasteiger charge is -2.24. The first-order valence-corrected chi connectivity index (χ1v) is 7.27. The molecule has 2 aliphatic carbocycles. The number of rotatable bonds is 9. The molecular weight excluding hydrogens is 212 g/mol. The molecule has 1 atom stereocenters. The molecule has 0 aromatic carbocycles. The largest absolute Gasteiger partial charge is 0.389 e. The zero-order valence-corrected chi connectivity index (χ0v) is 11.2. The van der Waals surface area contributed by atoms with Gasteiger partial charge in [0.05, 0.1) is 5.60 Å². The van der Waals surface area contributed by atoms with Crippen molar-refractivity contribution in [1.29, 1.82) is 0 Å². The van der Waals surface area contributed by atoms with Crippen molar-refractivity contribution in [3.8, 4) is 0 Å². The van der Waals surface area contributed by atoms with Crippen molar-refractivity contribution in [1.82, 2.24) is 4.90 Å². The Morgan fingerprint density at radius 1 is 1.24 bits per heavy atom. The molecule has 2 rings (SSSR count). The van der Waals surface area contributed by atoms with Crippen molar-refractivity contribution in [3.63, 3.8) is 0 Å². The summed E-state index contributed by atoms with van der Waals surface area (Å²) in [5, 5.41) is 9.83. The first-order chi connectivity index (χ1) is 8.11. The molecule has 0 bridgehead atoms. The highest BCUT2D eigenvalue weighted by molar-refractivity contribution is 4.88. The molecule has 0 saturated heterocycles. The van der Waals surface area contributed by atoms with Gasteiger partial charge in [-0.15, -0.1) is 0 Å². The van der Waals surface area contributed by atoms with Gasteiger partial charge in [-0.3, -0.25) is 0 Å². The summed E-state index contributed by atoms with van der Waals surface area (Å²) in [5.41, 5.74) is 4.87. The first-order valence-electron chi connectivity index (χ1n) is 7.27. The Hall–Kier alpha value is -0.120. The van der Waals surface area contributed by atoms with E-state index in [0.29, 0.717) is 6.54 Å². The van der Waals surface area contributed by atoms with E-state index in [4.69, 9.17) is 5.73 Å². The fraction of sp³-hybridized carbons (Fsp3) is 1.00. The summed E-state index contributed by atoms with van der Waals surface area (Å²) in [4.78, 5) is 2.69. The van der Waals surface area contributed by atoms with Crippen molar-refractivity contribution in [3.05, 3.63) is 0 Å². The smallest absolute Gasteiger partial charge is 0.0741 e. The SMILES string of the molecule is CC(O)(CN)CCCCN(CC1CC1)C1CC1. The van der Waals surface area contributed by atoms with Crippen LogP contribution in [-0.2, 0) is 0 Å². The normalized spacial score (nSPS) is 24.0. The summed E-state index contributed by atoms with van der Waals surface area (Å²) in [6, 6.07) is 0.894. The van der Waals surface area contributed by atoms with Crippen molar-refractivity contribution in [2.24, 2.45) is 11.7 Å². The quantitative estimate of drug-likeness (QED) is 0.604. The number of unbranched alkanes of at least 4 members (excludes halogenated alkanes) is 1. The third kappa shape index (κ3) is 4.94. The summed E-state index contributed by atoms with van der Waals surface area (Å²) in [6.45, 7) is 4.77. The van der Waals surface area contributed by atoms with E-state index in [-0.39, 0.29) is 0 Å². The molecule has 0 heterocycles. The van der Waals surface area contributed by atoms with Crippen LogP contribution in [0.15, 0.2) is 0 Å². The lowest BCUT2D eigenvalue weighted by Crippen LogP contribution is -2.34. The standard InChI is InChI=1S/C14H28N2O/c1-14(17,11-15)8-2-3-9-16(13-6-7-13)10-12-4-5-12/h12-13,17H,2-11,15H2,1H3. The van der Waals surface area contributed by atoms with Gasteiger partial charge in [0.2, 0.25) is 0 Å². The van der Waals surface area contributed by atoms with Gasteiger partial charge in [0.15, 0.2) is 0 Å². The molecule has 17 heavy (non-hydrogen) atoms. The first kappa shape index (κ1) is 13.3. The van der Waals surface area contributed by atoms with E-state index in [1.807, 2.05) is 6.92 Å². The fourth-order valence-corrected chi connectivity index (χ4v) is 2.42. The third-order valence-electron chi connectivity index (χ3n) is 4.10. The van der Waals surface area contributed by atoms with E-state index in [2.05, 4.69) is 4.90 Å². The minimum atomic E-state index is -0.652. The molecule has 0 aliphatic heterocycles. The molecule has 3 heteroatoms. The van der Waals surface area contributed by atoms with Gasteiger partial charge in [-0.05, 0) is 64.3 Å². The van der Waals surface area contributed by atoms with Crippen LogP contribution in [0.4, 0.5) is 0 Å². The van der Waals surface area contributed by atoms with Gasteiger partial charge in [0.1, 0.15) is 0 Å². The number of nitrogens with two attached hydrogens (primary N) is 1. The van der Waals surface area contributed by atoms with Crippen LogP contribution in [-0.4, -0.2) is 41.3 Å². The number of nitrogens with zero attached hydrogens (tertiary/aromatic N) is 1. The maximum absolute atomic E-state index is 9.83. The van der Waals surface area contributed by atoms with Gasteiger partial charge in [-0.25, -0.2) is 0 Å². The second kappa shape index (κ2) is 5.68. The molecule has 0 aromatic heterocycles. The molecule has 0 spiro atoms. The van der Waals surface area contributed by atoms with E-state index in [1.54, 1.807) is 0 Å². The molecule has 3 nitrogen and oxygen atoms in total. The zero-order valence-electron chi connectivity index (χ0n) is 11.2.